The third-order valence-electron chi connectivity index (χ3n) is 4.45. The fourth-order valence-electron chi connectivity index (χ4n) is 3.03. The van der Waals surface area contributed by atoms with Gasteiger partial charge >= 0.3 is 0 Å². The van der Waals surface area contributed by atoms with Crippen molar-refractivity contribution >= 4 is 5.91 Å². The molecule has 2 aromatic rings. The van der Waals surface area contributed by atoms with Gasteiger partial charge in [0.2, 0.25) is 11.8 Å². The van der Waals surface area contributed by atoms with Crippen LogP contribution in [0.15, 0.2) is 36.7 Å². The Morgan fingerprint density at radius 2 is 1.89 bits per heavy atom. The predicted octanol–water partition coefficient (Wildman–Crippen LogP) is 2.87. The molecule has 0 unspecified atom stereocenters. The maximum absolute atomic E-state index is 12.4. The van der Waals surface area contributed by atoms with Crippen LogP contribution < -0.4 is 14.8 Å². The van der Waals surface area contributed by atoms with Crippen LogP contribution in [0.1, 0.15) is 48.5 Å². The number of carbonyl (C=O) groups excluding carboxylic acids is 1. The lowest BCUT2D eigenvalue weighted by Gasteiger charge is -2.29. The monoisotopic (exact) mass is 366 g/mol. The number of amides is 1. The molecule has 2 aromatic heterocycles. The molecule has 0 radical (unpaired) electrons. The van der Waals surface area contributed by atoms with Crippen molar-refractivity contribution in [2.75, 3.05) is 6.61 Å². The van der Waals surface area contributed by atoms with Gasteiger partial charge in [-0.3, -0.25) is 4.79 Å². The highest BCUT2D eigenvalue weighted by Gasteiger charge is 2.24. The van der Waals surface area contributed by atoms with Gasteiger partial charge < -0.3 is 14.8 Å². The Labute approximate surface area is 158 Å². The summed E-state index contributed by atoms with van der Waals surface area (Å²) < 4.78 is 11.2. The van der Waals surface area contributed by atoms with Gasteiger partial charge in [-0.05, 0) is 44.7 Å². The first-order valence-electron chi connectivity index (χ1n) is 9.10. The molecule has 1 amide bonds. The number of rotatable bonds is 6. The van der Waals surface area contributed by atoms with Crippen molar-refractivity contribution in [2.45, 2.75) is 44.8 Å². The number of carbonyl (C=O) groups is 1. The molecule has 1 saturated carbocycles. The smallest absolute Gasteiger partial charge is 0.253 e. The highest BCUT2D eigenvalue weighted by Crippen LogP contribution is 2.23. The molecule has 7 heteroatoms. The number of pyridine rings is 2. The van der Waals surface area contributed by atoms with E-state index < -0.39 is 0 Å². The Hall–Kier alpha value is -3.14. The van der Waals surface area contributed by atoms with E-state index >= 15 is 0 Å². The summed E-state index contributed by atoms with van der Waals surface area (Å²) in [5.41, 5.74) is 1.04. The summed E-state index contributed by atoms with van der Waals surface area (Å²) >= 11 is 0. The van der Waals surface area contributed by atoms with E-state index in [1.165, 1.54) is 12.4 Å². The van der Waals surface area contributed by atoms with Crippen molar-refractivity contribution < 1.29 is 14.3 Å². The molecule has 1 aliphatic rings. The van der Waals surface area contributed by atoms with E-state index in [-0.39, 0.29) is 18.1 Å². The first-order valence-corrected chi connectivity index (χ1v) is 9.10. The summed E-state index contributed by atoms with van der Waals surface area (Å²) in [7, 11) is 0. The standard InChI is InChI=1S/C20H22N4O3/c1-2-26-18-10-4-15(13-23-18)20(25)24-16-5-7-17(8-6-16)27-19-9-3-14(11-21)12-22-19/h3-4,9-10,12-13,16-17H,2,5-8H2,1H3,(H,24,25). The molecule has 0 aliphatic heterocycles. The maximum atomic E-state index is 12.4. The van der Waals surface area contributed by atoms with Crippen molar-refractivity contribution in [3.05, 3.63) is 47.8 Å². The van der Waals surface area contributed by atoms with E-state index in [0.717, 1.165) is 25.7 Å². The third kappa shape index (κ3) is 5.17. The van der Waals surface area contributed by atoms with Crippen LogP contribution in [0, 0.1) is 11.3 Å². The summed E-state index contributed by atoms with van der Waals surface area (Å²) in [6, 6.07) is 8.99. The van der Waals surface area contributed by atoms with Crippen molar-refractivity contribution in [3.63, 3.8) is 0 Å². The van der Waals surface area contributed by atoms with Gasteiger partial charge in [0.05, 0.1) is 17.7 Å². The number of ether oxygens (including phenoxy) is 2. The normalized spacial score (nSPS) is 19.0. The molecule has 3 rings (SSSR count). The van der Waals surface area contributed by atoms with Crippen LogP contribution in [0.2, 0.25) is 0 Å². The molecule has 1 N–H and O–H groups in total. The van der Waals surface area contributed by atoms with Crippen LogP contribution in [0.3, 0.4) is 0 Å². The van der Waals surface area contributed by atoms with Crippen LogP contribution in [-0.2, 0) is 0 Å². The first kappa shape index (κ1) is 18.6. The average Bonchev–Trinajstić information content (AvgIpc) is 2.71. The van der Waals surface area contributed by atoms with Gasteiger partial charge in [0, 0.05) is 30.6 Å². The number of nitrogens with zero attached hydrogens (tertiary/aromatic N) is 3. The molecular formula is C20H22N4O3. The Bertz CT molecular complexity index is 791. The van der Waals surface area contributed by atoms with E-state index in [4.69, 9.17) is 14.7 Å². The zero-order chi connectivity index (χ0) is 19.1. The van der Waals surface area contributed by atoms with Gasteiger partial charge in [0.25, 0.3) is 5.91 Å². The van der Waals surface area contributed by atoms with E-state index in [0.29, 0.717) is 29.5 Å². The molecular weight excluding hydrogens is 344 g/mol. The molecule has 1 fully saturated rings. The SMILES string of the molecule is CCOc1ccc(C(=O)NC2CCC(Oc3ccc(C#N)cn3)CC2)cn1. The Balaban J connectivity index is 1.45. The number of nitriles is 1. The van der Waals surface area contributed by atoms with E-state index in [2.05, 4.69) is 15.3 Å². The van der Waals surface area contributed by atoms with Gasteiger partial charge in [-0.2, -0.15) is 5.26 Å². The van der Waals surface area contributed by atoms with Crippen LogP contribution in [-0.4, -0.2) is 34.6 Å². The second kappa shape index (κ2) is 8.99. The van der Waals surface area contributed by atoms with Crippen molar-refractivity contribution in [2.24, 2.45) is 0 Å². The lowest BCUT2D eigenvalue weighted by Crippen LogP contribution is -2.39. The molecule has 0 saturated heterocycles. The van der Waals surface area contributed by atoms with Crippen LogP contribution >= 0.6 is 0 Å². The summed E-state index contributed by atoms with van der Waals surface area (Å²) in [6.07, 6.45) is 6.49. The minimum atomic E-state index is -0.122. The first-order chi connectivity index (χ1) is 13.2. The van der Waals surface area contributed by atoms with E-state index in [1.54, 1.807) is 24.3 Å². The average molecular weight is 366 g/mol. The second-order valence-electron chi connectivity index (χ2n) is 6.38. The van der Waals surface area contributed by atoms with Crippen molar-refractivity contribution in [3.8, 4) is 17.8 Å². The van der Waals surface area contributed by atoms with Gasteiger partial charge in [0.15, 0.2) is 0 Å². The quantitative estimate of drug-likeness (QED) is 0.844. The van der Waals surface area contributed by atoms with Crippen molar-refractivity contribution in [1.82, 2.24) is 15.3 Å². The predicted molar refractivity (Wildman–Crippen MR) is 98.5 cm³/mol. The minimum Gasteiger partial charge on any atom is -0.478 e. The second-order valence-corrected chi connectivity index (χ2v) is 6.38. The van der Waals surface area contributed by atoms with Crippen LogP contribution in [0.25, 0.3) is 0 Å². The number of nitrogens with one attached hydrogen (secondary N) is 1. The minimum absolute atomic E-state index is 0.0748. The largest absolute Gasteiger partial charge is 0.478 e. The number of hydrogen-bond acceptors (Lipinski definition) is 6. The summed E-state index contributed by atoms with van der Waals surface area (Å²) in [6.45, 7) is 2.43. The highest BCUT2D eigenvalue weighted by atomic mass is 16.5. The fraction of sp³-hybridized carbons (Fsp3) is 0.400. The molecule has 0 aromatic carbocycles. The molecule has 0 spiro atoms. The van der Waals surface area contributed by atoms with Gasteiger partial charge in [0.1, 0.15) is 12.2 Å². The summed E-state index contributed by atoms with van der Waals surface area (Å²) in [5.74, 6) is 0.925. The van der Waals surface area contributed by atoms with Gasteiger partial charge in [-0.15, -0.1) is 0 Å². The van der Waals surface area contributed by atoms with Crippen molar-refractivity contribution in [1.29, 1.82) is 5.26 Å². The summed E-state index contributed by atoms with van der Waals surface area (Å²) in [5, 5.41) is 11.9. The zero-order valence-corrected chi connectivity index (χ0v) is 15.2. The van der Waals surface area contributed by atoms with E-state index in [9.17, 15) is 4.79 Å². The Morgan fingerprint density at radius 3 is 2.48 bits per heavy atom. The molecule has 1 aliphatic carbocycles. The third-order valence-corrected chi connectivity index (χ3v) is 4.45. The van der Waals surface area contributed by atoms with Crippen LogP contribution in [0.5, 0.6) is 11.8 Å². The van der Waals surface area contributed by atoms with Gasteiger partial charge in [-0.25, -0.2) is 9.97 Å². The van der Waals surface area contributed by atoms with E-state index in [1.807, 2.05) is 13.0 Å². The maximum Gasteiger partial charge on any atom is 0.253 e. The highest BCUT2D eigenvalue weighted by molar-refractivity contribution is 5.94. The lowest BCUT2D eigenvalue weighted by atomic mass is 9.92. The Morgan fingerprint density at radius 1 is 1.15 bits per heavy atom. The lowest BCUT2D eigenvalue weighted by molar-refractivity contribution is 0.0889. The number of hydrogen-bond donors (Lipinski definition) is 1. The molecule has 7 nitrogen and oxygen atoms in total. The molecule has 27 heavy (non-hydrogen) atoms. The molecule has 0 bridgehead atoms. The molecule has 140 valence electrons. The summed E-state index contributed by atoms with van der Waals surface area (Å²) in [4.78, 5) is 20.6. The topological polar surface area (TPSA) is 97.1 Å². The zero-order valence-electron chi connectivity index (χ0n) is 15.2. The number of aromatic nitrogens is 2. The molecule has 0 atom stereocenters. The van der Waals surface area contributed by atoms with Crippen LogP contribution in [0.4, 0.5) is 0 Å². The fourth-order valence-corrected chi connectivity index (χ4v) is 3.03. The molecule has 2 heterocycles. The Kier molecular flexibility index (Phi) is 6.21. The van der Waals surface area contributed by atoms with Gasteiger partial charge in [-0.1, -0.05) is 0 Å².